The Morgan fingerprint density at radius 3 is 2.62 bits per heavy atom. The number of hydrogen-bond acceptors (Lipinski definition) is 3. The van der Waals surface area contributed by atoms with E-state index in [0.29, 0.717) is 22.0 Å². The number of rotatable bonds is 3. The van der Waals surface area contributed by atoms with Gasteiger partial charge in [-0.25, -0.2) is 0 Å². The average Bonchev–Trinajstić information content (AvgIpc) is 2.94. The highest BCUT2D eigenvalue weighted by Gasteiger charge is 2.24. The van der Waals surface area contributed by atoms with E-state index >= 15 is 0 Å². The number of Topliss-reactive ketones (excluding diaryl/α,β-unsaturated/α-hetero) is 1. The first kappa shape index (κ1) is 14.1. The molecule has 0 saturated carbocycles. The lowest BCUT2D eigenvalue weighted by molar-refractivity contribution is 0.101. The minimum absolute atomic E-state index is 0.0253. The van der Waals surface area contributed by atoms with Crippen molar-refractivity contribution in [3.8, 4) is 11.3 Å². The molecule has 0 aliphatic heterocycles. The third kappa shape index (κ3) is 2.79. The van der Waals surface area contributed by atoms with E-state index in [0.717, 1.165) is 30.4 Å². The van der Waals surface area contributed by atoms with Gasteiger partial charge in [-0.15, -0.1) is 0 Å². The van der Waals surface area contributed by atoms with Crippen LogP contribution in [0.5, 0.6) is 0 Å². The number of aromatic nitrogens is 1. The monoisotopic (exact) mass is 301 g/mol. The molecule has 1 aromatic carbocycles. The Bertz CT molecular complexity index is 698. The molecule has 0 fully saturated rings. The summed E-state index contributed by atoms with van der Waals surface area (Å²) in [6.07, 6.45) is 6.44. The summed E-state index contributed by atoms with van der Waals surface area (Å²) in [5, 5.41) is 4.79. The van der Waals surface area contributed by atoms with Gasteiger partial charge < -0.3 is 4.52 Å². The van der Waals surface area contributed by atoms with Crippen LogP contribution in [0.15, 0.2) is 34.9 Å². The number of carbonyl (C=O) groups excluding carboxylic acids is 1. The van der Waals surface area contributed by atoms with Crippen molar-refractivity contribution < 1.29 is 9.32 Å². The highest BCUT2D eigenvalue weighted by molar-refractivity contribution is 6.30. The van der Waals surface area contributed by atoms with Crippen LogP contribution in [-0.2, 0) is 0 Å². The van der Waals surface area contributed by atoms with E-state index in [1.807, 2.05) is 12.1 Å². The second-order valence-corrected chi connectivity index (χ2v) is 5.71. The van der Waals surface area contributed by atoms with E-state index in [1.165, 1.54) is 6.42 Å². The Morgan fingerprint density at radius 1 is 1.24 bits per heavy atom. The summed E-state index contributed by atoms with van der Waals surface area (Å²) in [6, 6.07) is 7.28. The smallest absolute Gasteiger partial charge is 0.173 e. The molecule has 1 aliphatic rings. The molecule has 4 heteroatoms. The molecule has 0 spiro atoms. The zero-order chi connectivity index (χ0) is 14.8. The van der Waals surface area contributed by atoms with Crippen molar-refractivity contribution in [1.29, 1.82) is 0 Å². The van der Waals surface area contributed by atoms with Gasteiger partial charge in [-0.3, -0.25) is 4.79 Å². The fourth-order valence-electron chi connectivity index (χ4n) is 2.69. The van der Waals surface area contributed by atoms with Gasteiger partial charge in [0.1, 0.15) is 5.69 Å². The van der Waals surface area contributed by atoms with Crippen LogP contribution in [0.4, 0.5) is 0 Å². The van der Waals surface area contributed by atoms with Crippen LogP contribution in [0.2, 0.25) is 5.02 Å². The fourth-order valence-corrected chi connectivity index (χ4v) is 2.81. The lowest BCUT2D eigenvalue weighted by Gasteiger charge is -2.10. The summed E-state index contributed by atoms with van der Waals surface area (Å²) in [4.78, 5) is 12.1. The first-order valence-electron chi connectivity index (χ1n) is 7.13. The predicted octanol–water partition coefficient (Wildman–Crippen LogP) is 5.16. The van der Waals surface area contributed by atoms with Crippen molar-refractivity contribution in [3.05, 3.63) is 46.7 Å². The highest BCUT2D eigenvalue weighted by Crippen LogP contribution is 2.34. The van der Waals surface area contributed by atoms with Gasteiger partial charge in [0.05, 0.1) is 5.56 Å². The highest BCUT2D eigenvalue weighted by atomic mass is 35.5. The van der Waals surface area contributed by atoms with Crippen LogP contribution in [-0.4, -0.2) is 10.9 Å². The first-order chi connectivity index (χ1) is 10.2. The van der Waals surface area contributed by atoms with Gasteiger partial charge >= 0.3 is 0 Å². The quantitative estimate of drug-likeness (QED) is 0.736. The zero-order valence-electron chi connectivity index (χ0n) is 11.9. The number of halogens is 1. The van der Waals surface area contributed by atoms with Crippen molar-refractivity contribution in [2.75, 3.05) is 0 Å². The first-order valence-corrected chi connectivity index (χ1v) is 7.50. The van der Waals surface area contributed by atoms with Gasteiger partial charge in [-0.1, -0.05) is 35.0 Å². The maximum Gasteiger partial charge on any atom is 0.173 e. The van der Waals surface area contributed by atoms with Crippen molar-refractivity contribution >= 4 is 23.0 Å². The van der Waals surface area contributed by atoms with Crippen LogP contribution in [0.3, 0.4) is 0 Å². The summed E-state index contributed by atoms with van der Waals surface area (Å²) < 4.78 is 5.51. The number of hydrogen-bond donors (Lipinski definition) is 0. The molecular formula is C17H16ClNO2. The van der Waals surface area contributed by atoms with Crippen LogP contribution >= 0.6 is 11.6 Å². The Kier molecular flexibility index (Phi) is 3.93. The molecule has 0 radical (unpaired) electrons. The number of carbonyl (C=O) groups is 1. The topological polar surface area (TPSA) is 43.1 Å². The van der Waals surface area contributed by atoms with E-state index in [1.54, 1.807) is 19.1 Å². The Hall–Kier alpha value is -1.87. The van der Waals surface area contributed by atoms with Gasteiger partial charge in [0.25, 0.3) is 0 Å². The van der Waals surface area contributed by atoms with E-state index in [4.69, 9.17) is 16.1 Å². The molecule has 0 bridgehead atoms. The lowest BCUT2D eigenvalue weighted by atomic mass is 9.93. The van der Waals surface area contributed by atoms with Crippen molar-refractivity contribution in [3.63, 3.8) is 0 Å². The molecule has 0 amide bonds. The SMILES string of the molecule is CC(=O)c1c(-c2ccc(Cl)cc2)noc1C1=CCCCC1. The van der Waals surface area contributed by atoms with E-state index < -0.39 is 0 Å². The molecule has 0 N–H and O–H groups in total. The third-order valence-corrected chi connectivity index (χ3v) is 4.00. The van der Waals surface area contributed by atoms with E-state index in [-0.39, 0.29) is 5.78 Å². The minimum atomic E-state index is -0.0253. The third-order valence-electron chi connectivity index (χ3n) is 3.74. The molecule has 2 aromatic rings. The van der Waals surface area contributed by atoms with Crippen LogP contribution < -0.4 is 0 Å². The predicted molar refractivity (Wildman–Crippen MR) is 83.4 cm³/mol. The molecule has 3 rings (SSSR count). The Labute approximate surface area is 128 Å². The summed E-state index contributed by atoms with van der Waals surface area (Å²) >= 11 is 5.91. The minimum Gasteiger partial charge on any atom is -0.355 e. The molecule has 0 saturated heterocycles. The summed E-state index contributed by atoms with van der Waals surface area (Å²) in [5.74, 6) is 0.606. The molecule has 21 heavy (non-hydrogen) atoms. The second-order valence-electron chi connectivity index (χ2n) is 5.27. The maximum atomic E-state index is 12.1. The largest absolute Gasteiger partial charge is 0.355 e. The molecule has 1 heterocycles. The lowest BCUT2D eigenvalue weighted by Crippen LogP contribution is -2.00. The fraction of sp³-hybridized carbons (Fsp3) is 0.294. The van der Waals surface area contributed by atoms with Gasteiger partial charge in [-0.05, 0) is 50.3 Å². The normalized spacial score (nSPS) is 14.9. The average molecular weight is 302 g/mol. The molecular weight excluding hydrogens is 286 g/mol. The zero-order valence-corrected chi connectivity index (χ0v) is 12.6. The summed E-state index contributed by atoms with van der Waals surface area (Å²) in [6.45, 7) is 1.55. The van der Waals surface area contributed by atoms with Gasteiger partial charge in [-0.2, -0.15) is 0 Å². The molecule has 108 valence electrons. The van der Waals surface area contributed by atoms with E-state index in [2.05, 4.69) is 11.2 Å². The molecule has 3 nitrogen and oxygen atoms in total. The Morgan fingerprint density at radius 2 is 2.00 bits per heavy atom. The molecule has 0 atom stereocenters. The molecule has 1 aliphatic carbocycles. The number of ketones is 1. The maximum absolute atomic E-state index is 12.1. The van der Waals surface area contributed by atoms with Crippen LogP contribution in [0.25, 0.3) is 16.8 Å². The summed E-state index contributed by atoms with van der Waals surface area (Å²) in [7, 11) is 0. The number of nitrogens with zero attached hydrogens (tertiary/aromatic N) is 1. The van der Waals surface area contributed by atoms with Gasteiger partial charge in [0.15, 0.2) is 11.5 Å². The van der Waals surface area contributed by atoms with Gasteiger partial charge in [0, 0.05) is 10.6 Å². The Balaban J connectivity index is 2.10. The number of allylic oxidation sites excluding steroid dienone is 2. The van der Waals surface area contributed by atoms with E-state index in [9.17, 15) is 4.79 Å². The van der Waals surface area contributed by atoms with Crippen molar-refractivity contribution in [1.82, 2.24) is 5.16 Å². The van der Waals surface area contributed by atoms with Crippen LogP contribution in [0, 0.1) is 0 Å². The van der Waals surface area contributed by atoms with Gasteiger partial charge in [0.2, 0.25) is 0 Å². The second kappa shape index (κ2) is 5.86. The number of benzene rings is 1. The van der Waals surface area contributed by atoms with Crippen LogP contribution in [0.1, 0.15) is 48.7 Å². The molecule has 0 unspecified atom stereocenters. The summed E-state index contributed by atoms with van der Waals surface area (Å²) in [5.41, 5.74) is 3.11. The molecule has 1 aromatic heterocycles. The van der Waals surface area contributed by atoms with Crippen molar-refractivity contribution in [2.24, 2.45) is 0 Å². The standard InChI is InChI=1S/C17H16ClNO2/c1-11(20)15-16(12-7-9-14(18)10-8-12)19-21-17(15)13-5-3-2-4-6-13/h5,7-10H,2-4,6H2,1H3. The van der Waals surface area contributed by atoms with Crippen molar-refractivity contribution in [2.45, 2.75) is 32.6 Å².